The Hall–Kier alpha value is -2.38. The SMILES string of the molecule is CC(=NCCCN(C)C)c1c(O)n(-c2ccc(Cl)cc2)c(=O)[nH]c1=O. The second-order valence-electron chi connectivity index (χ2n) is 5.89. The molecule has 0 bridgehead atoms. The molecule has 1 aromatic heterocycles. The molecular weight excluding hydrogens is 344 g/mol. The van der Waals surface area contributed by atoms with E-state index in [4.69, 9.17) is 11.6 Å². The van der Waals surface area contributed by atoms with Crippen molar-refractivity contribution in [1.82, 2.24) is 14.5 Å². The Morgan fingerprint density at radius 1 is 1.28 bits per heavy atom. The van der Waals surface area contributed by atoms with Gasteiger partial charge in [0.2, 0.25) is 5.88 Å². The largest absolute Gasteiger partial charge is 0.493 e. The lowest BCUT2D eigenvalue weighted by molar-refractivity contribution is 0.403. The zero-order chi connectivity index (χ0) is 18.6. The lowest BCUT2D eigenvalue weighted by Gasteiger charge is -2.12. The molecular formula is C17H21ClN4O3. The first-order valence-corrected chi connectivity index (χ1v) is 8.19. The number of benzene rings is 1. The Labute approximate surface area is 150 Å². The van der Waals surface area contributed by atoms with Crippen LogP contribution in [-0.4, -0.2) is 52.5 Å². The van der Waals surface area contributed by atoms with Gasteiger partial charge in [0.15, 0.2) is 0 Å². The quantitative estimate of drug-likeness (QED) is 0.602. The van der Waals surface area contributed by atoms with Crippen LogP contribution >= 0.6 is 11.6 Å². The fourth-order valence-corrected chi connectivity index (χ4v) is 2.52. The van der Waals surface area contributed by atoms with Crippen molar-refractivity contribution in [2.45, 2.75) is 13.3 Å². The molecule has 0 aliphatic rings. The molecule has 0 fully saturated rings. The number of nitrogens with zero attached hydrogens (tertiary/aromatic N) is 3. The van der Waals surface area contributed by atoms with Gasteiger partial charge in [-0.3, -0.25) is 14.8 Å². The van der Waals surface area contributed by atoms with Crippen LogP contribution in [0, 0.1) is 0 Å². The average Bonchev–Trinajstić information content (AvgIpc) is 2.52. The van der Waals surface area contributed by atoms with E-state index in [0.29, 0.717) is 23.0 Å². The maximum atomic E-state index is 12.1. The van der Waals surface area contributed by atoms with E-state index in [2.05, 4.69) is 9.98 Å². The number of aromatic amines is 1. The minimum absolute atomic E-state index is 0.0144. The Balaban J connectivity index is 2.44. The number of rotatable bonds is 6. The molecule has 0 spiro atoms. The number of hydrogen-bond acceptors (Lipinski definition) is 5. The van der Waals surface area contributed by atoms with E-state index in [1.807, 2.05) is 19.0 Å². The van der Waals surface area contributed by atoms with Gasteiger partial charge in [-0.25, -0.2) is 9.36 Å². The summed E-state index contributed by atoms with van der Waals surface area (Å²) in [5.74, 6) is -0.440. The van der Waals surface area contributed by atoms with Crippen LogP contribution < -0.4 is 11.2 Å². The molecule has 2 rings (SSSR count). The van der Waals surface area contributed by atoms with E-state index in [1.165, 1.54) is 0 Å². The van der Waals surface area contributed by atoms with Gasteiger partial charge < -0.3 is 10.0 Å². The summed E-state index contributed by atoms with van der Waals surface area (Å²) in [5.41, 5.74) is -0.639. The third-order valence-electron chi connectivity index (χ3n) is 3.65. The van der Waals surface area contributed by atoms with Crippen LogP contribution in [0.4, 0.5) is 0 Å². The van der Waals surface area contributed by atoms with Gasteiger partial charge in [-0.1, -0.05) is 11.6 Å². The molecule has 25 heavy (non-hydrogen) atoms. The molecule has 2 aromatic rings. The summed E-state index contributed by atoms with van der Waals surface area (Å²) < 4.78 is 1.02. The fourth-order valence-electron chi connectivity index (χ4n) is 2.39. The van der Waals surface area contributed by atoms with Crippen molar-refractivity contribution in [2.75, 3.05) is 27.2 Å². The first kappa shape index (κ1) is 19.0. The molecule has 0 aliphatic carbocycles. The summed E-state index contributed by atoms with van der Waals surface area (Å²) in [5, 5.41) is 11.0. The second kappa shape index (κ2) is 8.13. The summed E-state index contributed by atoms with van der Waals surface area (Å²) in [7, 11) is 3.93. The molecule has 0 saturated carbocycles. The second-order valence-corrected chi connectivity index (χ2v) is 6.33. The van der Waals surface area contributed by atoms with Gasteiger partial charge in [-0.05, 0) is 58.3 Å². The minimum atomic E-state index is -0.728. The summed E-state index contributed by atoms with van der Waals surface area (Å²) >= 11 is 5.85. The van der Waals surface area contributed by atoms with Crippen molar-refractivity contribution in [3.8, 4) is 11.6 Å². The number of hydrogen-bond donors (Lipinski definition) is 2. The molecule has 134 valence electrons. The van der Waals surface area contributed by atoms with Crippen molar-refractivity contribution in [3.05, 3.63) is 55.7 Å². The van der Waals surface area contributed by atoms with Crippen LogP contribution in [0.2, 0.25) is 5.02 Å². The van der Waals surface area contributed by atoms with E-state index in [-0.39, 0.29) is 5.56 Å². The van der Waals surface area contributed by atoms with Crippen LogP contribution in [-0.2, 0) is 0 Å². The lowest BCUT2D eigenvalue weighted by atomic mass is 10.2. The zero-order valence-electron chi connectivity index (χ0n) is 14.4. The maximum absolute atomic E-state index is 12.1. The highest BCUT2D eigenvalue weighted by molar-refractivity contribution is 6.30. The first-order valence-electron chi connectivity index (χ1n) is 7.81. The maximum Gasteiger partial charge on any atom is 0.335 e. The molecule has 0 aliphatic heterocycles. The molecule has 8 heteroatoms. The lowest BCUT2D eigenvalue weighted by Crippen LogP contribution is -2.32. The van der Waals surface area contributed by atoms with E-state index in [1.54, 1.807) is 31.2 Å². The monoisotopic (exact) mass is 364 g/mol. The van der Waals surface area contributed by atoms with Crippen molar-refractivity contribution in [2.24, 2.45) is 4.99 Å². The number of aromatic nitrogens is 2. The van der Waals surface area contributed by atoms with Crippen molar-refractivity contribution >= 4 is 17.3 Å². The summed E-state index contributed by atoms with van der Waals surface area (Å²) in [6.45, 7) is 3.02. The van der Waals surface area contributed by atoms with E-state index in [0.717, 1.165) is 17.5 Å². The molecule has 7 nitrogen and oxygen atoms in total. The zero-order valence-corrected chi connectivity index (χ0v) is 15.2. The molecule has 2 N–H and O–H groups in total. The van der Waals surface area contributed by atoms with Crippen LogP contribution in [0.1, 0.15) is 18.9 Å². The summed E-state index contributed by atoms with van der Waals surface area (Å²) in [6, 6.07) is 6.34. The number of aliphatic imine (C=N–C) groups is 1. The van der Waals surface area contributed by atoms with E-state index >= 15 is 0 Å². The molecule has 0 atom stereocenters. The van der Waals surface area contributed by atoms with Crippen molar-refractivity contribution in [1.29, 1.82) is 0 Å². The van der Waals surface area contributed by atoms with Gasteiger partial charge in [0, 0.05) is 17.3 Å². The normalized spacial score (nSPS) is 12.0. The summed E-state index contributed by atoms with van der Waals surface area (Å²) in [4.78, 5) is 32.9. The highest BCUT2D eigenvalue weighted by Crippen LogP contribution is 2.19. The molecule has 0 amide bonds. The number of halogens is 1. The minimum Gasteiger partial charge on any atom is -0.493 e. The predicted molar refractivity (Wildman–Crippen MR) is 99.6 cm³/mol. The standard InChI is InChI=1S/C17H21ClN4O3/c1-11(19-9-4-10-21(2)3)14-15(23)20-17(25)22(16(14)24)13-7-5-12(18)6-8-13/h5-8,24H,4,9-10H2,1-3H3,(H,20,23,25). The Morgan fingerprint density at radius 2 is 1.92 bits per heavy atom. The average molecular weight is 365 g/mol. The van der Waals surface area contributed by atoms with Gasteiger partial charge in [0.25, 0.3) is 5.56 Å². The Morgan fingerprint density at radius 3 is 2.52 bits per heavy atom. The fraction of sp³-hybridized carbons (Fsp3) is 0.353. The van der Waals surface area contributed by atoms with Crippen molar-refractivity contribution in [3.63, 3.8) is 0 Å². The highest BCUT2D eigenvalue weighted by atomic mass is 35.5. The van der Waals surface area contributed by atoms with Gasteiger partial charge in [-0.15, -0.1) is 0 Å². The summed E-state index contributed by atoms with van der Waals surface area (Å²) in [6.07, 6.45) is 0.819. The molecule has 0 saturated heterocycles. The van der Waals surface area contributed by atoms with Gasteiger partial charge >= 0.3 is 5.69 Å². The van der Waals surface area contributed by atoms with Crippen LogP contribution in [0.25, 0.3) is 5.69 Å². The van der Waals surface area contributed by atoms with Crippen molar-refractivity contribution < 1.29 is 5.11 Å². The molecule has 0 unspecified atom stereocenters. The Bertz CT molecular complexity index is 882. The molecule has 1 aromatic carbocycles. The first-order chi connectivity index (χ1) is 11.8. The Kier molecular flexibility index (Phi) is 6.17. The molecule has 0 radical (unpaired) electrons. The van der Waals surface area contributed by atoms with Gasteiger partial charge in [0.05, 0.1) is 5.69 Å². The van der Waals surface area contributed by atoms with Gasteiger partial charge in [0.1, 0.15) is 5.56 Å². The number of nitrogens with one attached hydrogen (secondary N) is 1. The van der Waals surface area contributed by atoms with Gasteiger partial charge in [-0.2, -0.15) is 0 Å². The highest BCUT2D eigenvalue weighted by Gasteiger charge is 2.17. The van der Waals surface area contributed by atoms with E-state index in [9.17, 15) is 14.7 Å². The smallest absolute Gasteiger partial charge is 0.335 e. The number of H-pyrrole nitrogens is 1. The predicted octanol–water partition coefficient (Wildman–Crippen LogP) is 1.65. The third-order valence-corrected chi connectivity index (χ3v) is 3.90. The number of aromatic hydroxyl groups is 1. The third kappa shape index (κ3) is 4.58. The topological polar surface area (TPSA) is 90.7 Å². The van der Waals surface area contributed by atoms with Crippen LogP contribution in [0.15, 0.2) is 38.8 Å². The van der Waals surface area contributed by atoms with E-state index < -0.39 is 17.1 Å². The van der Waals surface area contributed by atoms with Crippen LogP contribution in [0.3, 0.4) is 0 Å². The molecule has 1 heterocycles. The van der Waals surface area contributed by atoms with Crippen LogP contribution in [0.5, 0.6) is 5.88 Å².